The lowest BCUT2D eigenvalue weighted by Crippen LogP contribution is -2.09. The van der Waals surface area contributed by atoms with Crippen molar-refractivity contribution in [3.05, 3.63) is 96.1 Å². The van der Waals surface area contributed by atoms with Crippen molar-refractivity contribution in [2.24, 2.45) is 0 Å². The number of ether oxygens (including phenoxy) is 2. The van der Waals surface area contributed by atoms with Gasteiger partial charge < -0.3 is 19.1 Å². The first-order valence-corrected chi connectivity index (χ1v) is 14.6. The van der Waals surface area contributed by atoms with Gasteiger partial charge in [-0.3, -0.25) is 0 Å². The molecule has 12 nitrogen and oxygen atoms in total. The minimum atomic E-state index is -0.832. The standard InChI is InChI=1S/C17H23NO5.C15H21NO5/c1-13(2)16-8-6-15(12-14(16)3)7-9-17(19)22-10-4-5-11-23-18(20)21;1-11(2)14-7-6-13(10-12(14)3)15(17)20-8-4-5-9-21-16(18)19/h6-9,12-13H,4-5,10-11H2,1-3H3;6-7,10-11H,4-5,8-9H2,1-3H3/b9-7+;. The number of hydrogen-bond donors (Lipinski definition) is 0. The number of aryl methyl sites for hydroxylation is 2. The second kappa shape index (κ2) is 20.4. The summed E-state index contributed by atoms with van der Waals surface area (Å²) in [6, 6.07) is 11.6. The fraction of sp³-hybridized carbons (Fsp3) is 0.500. The van der Waals surface area contributed by atoms with Gasteiger partial charge in [0, 0.05) is 6.08 Å². The molecule has 0 aliphatic carbocycles. The van der Waals surface area contributed by atoms with Gasteiger partial charge in [-0.2, -0.15) is 0 Å². The normalized spacial score (nSPS) is 10.7. The monoisotopic (exact) mass is 616 g/mol. The fourth-order valence-electron chi connectivity index (χ4n) is 4.22. The van der Waals surface area contributed by atoms with E-state index in [9.17, 15) is 29.8 Å². The van der Waals surface area contributed by atoms with Crippen LogP contribution in [0.15, 0.2) is 42.5 Å². The Morgan fingerprint density at radius 2 is 1.20 bits per heavy atom. The number of nitrogens with zero attached hydrogens (tertiary/aromatic N) is 2. The molecule has 0 unspecified atom stereocenters. The van der Waals surface area contributed by atoms with Gasteiger partial charge in [0.2, 0.25) is 0 Å². The van der Waals surface area contributed by atoms with Crippen molar-refractivity contribution < 1.29 is 38.9 Å². The van der Waals surface area contributed by atoms with Crippen LogP contribution in [0.1, 0.15) is 103 Å². The maximum atomic E-state index is 11.9. The maximum Gasteiger partial charge on any atom is 0.338 e. The second-order valence-electron chi connectivity index (χ2n) is 10.7. The zero-order valence-corrected chi connectivity index (χ0v) is 26.4. The van der Waals surface area contributed by atoms with Crippen molar-refractivity contribution in [1.82, 2.24) is 0 Å². The number of carbonyl (C=O) groups excluding carboxylic acids is 2. The van der Waals surface area contributed by atoms with Gasteiger partial charge in [-0.15, -0.1) is 20.2 Å². The van der Waals surface area contributed by atoms with Gasteiger partial charge in [0.05, 0.1) is 32.0 Å². The average molecular weight is 617 g/mol. The molecule has 0 spiro atoms. The number of esters is 2. The molecular weight excluding hydrogens is 572 g/mol. The topological polar surface area (TPSA) is 157 Å². The van der Waals surface area contributed by atoms with E-state index in [2.05, 4.69) is 50.4 Å². The molecule has 12 heteroatoms. The number of carbonyl (C=O) groups is 2. The summed E-state index contributed by atoms with van der Waals surface area (Å²) in [6.07, 6.45) is 5.10. The molecular formula is C32H44N2O10. The van der Waals surface area contributed by atoms with Crippen molar-refractivity contribution in [2.75, 3.05) is 26.4 Å². The van der Waals surface area contributed by atoms with E-state index in [0.717, 1.165) is 11.1 Å². The van der Waals surface area contributed by atoms with Crippen LogP contribution in [-0.4, -0.2) is 48.5 Å². The average Bonchev–Trinajstić information content (AvgIpc) is 2.95. The minimum absolute atomic E-state index is 0.0157. The fourth-order valence-corrected chi connectivity index (χ4v) is 4.22. The van der Waals surface area contributed by atoms with Crippen LogP contribution in [0.2, 0.25) is 0 Å². The molecule has 0 bridgehead atoms. The molecule has 2 aromatic carbocycles. The van der Waals surface area contributed by atoms with E-state index in [0.29, 0.717) is 43.1 Å². The summed E-state index contributed by atoms with van der Waals surface area (Å²) in [5.41, 5.74) is 6.24. The Balaban J connectivity index is 0.000000442. The molecule has 44 heavy (non-hydrogen) atoms. The number of rotatable bonds is 17. The zero-order chi connectivity index (χ0) is 33.1. The molecule has 0 N–H and O–H groups in total. The number of benzene rings is 2. The first-order chi connectivity index (χ1) is 20.8. The van der Waals surface area contributed by atoms with Crippen molar-refractivity contribution in [1.29, 1.82) is 0 Å². The zero-order valence-electron chi connectivity index (χ0n) is 26.4. The largest absolute Gasteiger partial charge is 0.463 e. The molecule has 0 aliphatic rings. The Bertz CT molecular complexity index is 1260. The van der Waals surface area contributed by atoms with Crippen LogP contribution < -0.4 is 0 Å². The molecule has 242 valence electrons. The van der Waals surface area contributed by atoms with E-state index < -0.39 is 16.1 Å². The van der Waals surface area contributed by atoms with Gasteiger partial charge in [-0.1, -0.05) is 52.0 Å². The Morgan fingerprint density at radius 3 is 1.68 bits per heavy atom. The summed E-state index contributed by atoms with van der Waals surface area (Å²) in [5.74, 6) is 0.0864. The van der Waals surface area contributed by atoms with Gasteiger partial charge in [0.1, 0.15) is 0 Å². The van der Waals surface area contributed by atoms with Gasteiger partial charge in [-0.25, -0.2) is 9.59 Å². The molecule has 2 aromatic rings. The molecule has 0 amide bonds. The van der Waals surface area contributed by atoms with Crippen molar-refractivity contribution in [2.45, 2.75) is 79.1 Å². The van der Waals surface area contributed by atoms with Crippen LogP contribution in [0.4, 0.5) is 0 Å². The molecule has 0 aliphatic heterocycles. The molecule has 0 aromatic heterocycles. The van der Waals surface area contributed by atoms with Crippen molar-refractivity contribution in [3.8, 4) is 0 Å². The summed E-state index contributed by atoms with van der Waals surface area (Å²) >= 11 is 0. The van der Waals surface area contributed by atoms with Crippen LogP contribution >= 0.6 is 0 Å². The highest BCUT2D eigenvalue weighted by atomic mass is 17.0. The van der Waals surface area contributed by atoms with Crippen LogP contribution in [0.5, 0.6) is 0 Å². The van der Waals surface area contributed by atoms with E-state index in [1.807, 2.05) is 31.2 Å². The van der Waals surface area contributed by atoms with Crippen molar-refractivity contribution in [3.63, 3.8) is 0 Å². The van der Waals surface area contributed by atoms with Crippen LogP contribution in [-0.2, 0) is 23.9 Å². The first-order valence-electron chi connectivity index (χ1n) is 14.6. The molecule has 2 rings (SSSR count). The summed E-state index contributed by atoms with van der Waals surface area (Å²) in [6.45, 7) is 13.0. The summed E-state index contributed by atoms with van der Waals surface area (Å²) < 4.78 is 10.1. The van der Waals surface area contributed by atoms with Crippen LogP contribution in [0.25, 0.3) is 6.08 Å². The second-order valence-corrected chi connectivity index (χ2v) is 10.7. The maximum absolute atomic E-state index is 11.9. The summed E-state index contributed by atoms with van der Waals surface area (Å²) in [7, 11) is 0. The van der Waals surface area contributed by atoms with E-state index in [1.54, 1.807) is 12.1 Å². The summed E-state index contributed by atoms with van der Waals surface area (Å²) in [5, 5.41) is 18.2. The molecule has 0 heterocycles. The first kappa shape index (κ1) is 37.5. The van der Waals surface area contributed by atoms with E-state index >= 15 is 0 Å². The highest BCUT2D eigenvalue weighted by molar-refractivity contribution is 5.89. The Morgan fingerprint density at radius 1 is 0.727 bits per heavy atom. The van der Waals surface area contributed by atoms with Crippen LogP contribution in [0.3, 0.4) is 0 Å². The lowest BCUT2D eigenvalue weighted by molar-refractivity contribution is -0.757. The smallest absolute Gasteiger partial charge is 0.338 e. The summed E-state index contributed by atoms with van der Waals surface area (Å²) in [4.78, 5) is 51.6. The van der Waals surface area contributed by atoms with Gasteiger partial charge in [0.25, 0.3) is 10.2 Å². The van der Waals surface area contributed by atoms with Gasteiger partial charge >= 0.3 is 11.9 Å². The highest BCUT2D eigenvalue weighted by Gasteiger charge is 2.11. The number of unbranched alkanes of at least 4 members (excludes halogenated alkanes) is 2. The minimum Gasteiger partial charge on any atom is -0.463 e. The quantitative estimate of drug-likeness (QED) is 0.0600. The SMILES string of the molecule is Cc1cc(/C=C/C(=O)OCCCCO[N+](=O)[O-])ccc1C(C)C.Cc1cc(C(=O)OCCCCO[N+](=O)[O-])ccc1C(C)C. The molecule has 0 atom stereocenters. The third-order valence-electron chi connectivity index (χ3n) is 6.40. The van der Waals surface area contributed by atoms with Crippen LogP contribution in [0, 0.1) is 34.1 Å². The molecule has 0 radical (unpaired) electrons. The van der Waals surface area contributed by atoms with E-state index in [-0.39, 0.29) is 32.4 Å². The Hall–Kier alpha value is -4.48. The lowest BCUT2D eigenvalue weighted by atomic mass is 9.96. The van der Waals surface area contributed by atoms with Gasteiger partial charge in [0.15, 0.2) is 0 Å². The molecule has 0 saturated heterocycles. The Kier molecular flexibility index (Phi) is 17.4. The Labute approximate surface area is 258 Å². The van der Waals surface area contributed by atoms with Crippen molar-refractivity contribution >= 4 is 18.0 Å². The lowest BCUT2D eigenvalue weighted by Gasteiger charge is -2.11. The third-order valence-corrected chi connectivity index (χ3v) is 6.40. The van der Waals surface area contributed by atoms with E-state index in [1.165, 1.54) is 22.8 Å². The predicted molar refractivity (Wildman–Crippen MR) is 165 cm³/mol. The molecule has 0 saturated carbocycles. The van der Waals surface area contributed by atoms with Gasteiger partial charge in [-0.05, 0) is 97.4 Å². The van der Waals surface area contributed by atoms with E-state index in [4.69, 9.17) is 9.47 Å². The predicted octanol–water partition coefficient (Wildman–Crippen LogP) is 6.93. The third kappa shape index (κ3) is 15.7. The number of hydrogen-bond acceptors (Lipinski definition) is 10. The molecule has 0 fully saturated rings. The highest BCUT2D eigenvalue weighted by Crippen LogP contribution is 2.21.